The molecule has 1 amide bonds. The van der Waals surface area contributed by atoms with Gasteiger partial charge in [-0.25, -0.2) is 0 Å². The molecule has 0 fully saturated rings. The maximum absolute atomic E-state index is 12.5. The van der Waals surface area contributed by atoms with Crippen LogP contribution in [0.5, 0.6) is 5.75 Å². The molecule has 0 saturated heterocycles. The number of amides is 1. The van der Waals surface area contributed by atoms with Gasteiger partial charge in [-0.1, -0.05) is 29.8 Å². The van der Waals surface area contributed by atoms with Crippen LogP contribution in [0.25, 0.3) is 0 Å². The highest BCUT2D eigenvalue weighted by molar-refractivity contribution is 14.0. The Morgan fingerprint density at radius 3 is 2.38 bits per heavy atom. The number of benzene rings is 2. The van der Waals surface area contributed by atoms with Crippen LogP contribution in [-0.4, -0.2) is 38.6 Å². The third-order valence-electron chi connectivity index (χ3n) is 3.67. The number of carbonyl (C=O) groups excluding carboxylic acids is 1. The van der Waals surface area contributed by atoms with E-state index in [-0.39, 0.29) is 42.2 Å². The molecule has 6 nitrogen and oxygen atoms in total. The summed E-state index contributed by atoms with van der Waals surface area (Å²) in [6.07, 6.45) is 0. The average Bonchev–Trinajstić information content (AvgIpc) is 2.68. The van der Waals surface area contributed by atoms with Crippen molar-refractivity contribution in [1.82, 2.24) is 16.0 Å². The fourth-order valence-electron chi connectivity index (χ4n) is 2.32. The van der Waals surface area contributed by atoms with Gasteiger partial charge in [0.1, 0.15) is 5.75 Å². The summed E-state index contributed by atoms with van der Waals surface area (Å²) in [5, 5.41) is 9.38. The molecule has 3 N–H and O–H groups in total. The molecule has 2 aromatic rings. The number of aliphatic imine (C=N–C) groups is 1. The standard InChI is InChI=1S/C19H21ClF2N4O2.HI/c1-23-19(26-12-14-4-2-3-5-16(14)28-18(21)22)25-11-10-24-17(27)13-6-8-15(20)9-7-13;/h2-9,18H,10-12H2,1H3,(H,24,27)(H2,23,25,26);1H. The Morgan fingerprint density at radius 2 is 1.72 bits per heavy atom. The summed E-state index contributed by atoms with van der Waals surface area (Å²) in [6, 6.07) is 13.1. The maximum atomic E-state index is 12.5. The van der Waals surface area contributed by atoms with Crippen molar-refractivity contribution in [3.8, 4) is 5.75 Å². The number of rotatable bonds is 8. The van der Waals surface area contributed by atoms with E-state index in [9.17, 15) is 13.6 Å². The predicted molar refractivity (Wildman–Crippen MR) is 120 cm³/mol. The number of nitrogens with one attached hydrogen (secondary N) is 3. The second-order valence-corrected chi connectivity index (χ2v) is 6.04. The van der Waals surface area contributed by atoms with Gasteiger partial charge < -0.3 is 20.7 Å². The largest absolute Gasteiger partial charge is 0.434 e. The van der Waals surface area contributed by atoms with Gasteiger partial charge in [0.15, 0.2) is 5.96 Å². The van der Waals surface area contributed by atoms with Crippen LogP contribution in [0.2, 0.25) is 5.02 Å². The highest BCUT2D eigenvalue weighted by atomic mass is 127. The number of ether oxygens (including phenoxy) is 1. The molecule has 0 aromatic heterocycles. The summed E-state index contributed by atoms with van der Waals surface area (Å²) in [6.45, 7) is -1.84. The maximum Gasteiger partial charge on any atom is 0.387 e. The Labute approximate surface area is 190 Å². The molecular formula is C19H22ClF2IN4O2. The summed E-state index contributed by atoms with van der Waals surface area (Å²) in [5.74, 6) is 0.364. The second kappa shape index (κ2) is 13.2. The summed E-state index contributed by atoms with van der Waals surface area (Å²) in [7, 11) is 1.59. The molecule has 158 valence electrons. The van der Waals surface area contributed by atoms with Crippen molar-refractivity contribution in [1.29, 1.82) is 0 Å². The average molecular weight is 539 g/mol. The molecule has 29 heavy (non-hydrogen) atoms. The van der Waals surface area contributed by atoms with Crippen LogP contribution in [0.1, 0.15) is 15.9 Å². The van der Waals surface area contributed by atoms with E-state index in [2.05, 4.69) is 25.7 Å². The monoisotopic (exact) mass is 538 g/mol. The molecule has 0 aliphatic carbocycles. The van der Waals surface area contributed by atoms with Gasteiger partial charge in [0, 0.05) is 42.8 Å². The molecule has 0 spiro atoms. The van der Waals surface area contributed by atoms with Gasteiger partial charge in [-0.3, -0.25) is 9.79 Å². The molecular weight excluding hydrogens is 517 g/mol. The van der Waals surface area contributed by atoms with Crippen LogP contribution in [0.15, 0.2) is 53.5 Å². The minimum atomic E-state index is -2.89. The zero-order valence-corrected chi connectivity index (χ0v) is 18.7. The predicted octanol–water partition coefficient (Wildman–Crippen LogP) is 3.65. The lowest BCUT2D eigenvalue weighted by Gasteiger charge is -2.14. The van der Waals surface area contributed by atoms with Crippen molar-refractivity contribution in [3.05, 3.63) is 64.7 Å². The normalized spacial score (nSPS) is 10.9. The Morgan fingerprint density at radius 1 is 1.07 bits per heavy atom. The summed E-state index contributed by atoms with van der Waals surface area (Å²) < 4.78 is 29.4. The smallest absolute Gasteiger partial charge is 0.387 e. The SMILES string of the molecule is CN=C(NCCNC(=O)c1ccc(Cl)cc1)NCc1ccccc1OC(F)F.I. The zero-order valence-electron chi connectivity index (χ0n) is 15.6. The summed E-state index contributed by atoms with van der Waals surface area (Å²) in [4.78, 5) is 16.1. The van der Waals surface area contributed by atoms with E-state index in [4.69, 9.17) is 11.6 Å². The zero-order chi connectivity index (χ0) is 20.4. The van der Waals surface area contributed by atoms with Crippen LogP contribution in [0.4, 0.5) is 8.78 Å². The number of hydrogen-bond acceptors (Lipinski definition) is 3. The van der Waals surface area contributed by atoms with Crippen LogP contribution in [-0.2, 0) is 6.54 Å². The van der Waals surface area contributed by atoms with Crippen molar-refractivity contribution >= 4 is 47.4 Å². The van der Waals surface area contributed by atoms with Crippen LogP contribution in [0, 0.1) is 0 Å². The van der Waals surface area contributed by atoms with Gasteiger partial charge in [-0.15, -0.1) is 24.0 Å². The Kier molecular flexibility index (Phi) is 11.3. The van der Waals surface area contributed by atoms with Gasteiger partial charge in [0.2, 0.25) is 0 Å². The van der Waals surface area contributed by atoms with E-state index in [1.807, 2.05) is 0 Å². The number of halogens is 4. The number of alkyl halides is 2. The van der Waals surface area contributed by atoms with Crippen molar-refractivity contribution in [2.45, 2.75) is 13.2 Å². The first kappa shape index (κ1) is 24.9. The minimum absolute atomic E-state index is 0. The lowest BCUT2D eigenvalue weighted by atomic mass is 10.2. The number of para-hydroxylation sites is 1. The topological polar surface area (TPSA) is 74.8 Å². The number of carbonyl (C=O) groups is 1. The van der Waals surface area contributed by atoms with Gasteiger partial charge in [-0.2, -0.15) is 8.78 Å². The first-order chi connectivity index (χ1) is 13.5. The number of guanidine groups is 1. The lowest BCUT2D eigenvalue weighted by molar-refractivity contribution is -0.0504. The van der Waals surface area contributed by atoms with E-state index in [1.165, 1.54) is 6.07 Å². The number of hydrogen-bond donors (Lipinski definition) is 3. The molecule has 0 aliphatic heterocycles. The van der Waals surface area contributed by atoms with Crippen molar-refractivity contribution in [2.75, 3.05) is 20.1 Å². The van der Waals surface area contributed by atoms with Crippen molar-refractivity contribution < 1.29 is 18.3 Å². The molecule has 0 saturated carbocycles. The van der Waals surface area contributed by atoms with Gasteiger partial charge in [-0.05, 0) is 30.3 Å². The van der Waals surface area contributed by atoms with Crippen LogP contribution in [0.3, 0.4) is 0 Å². The molecule has 10 heteroatoms. The first-order valence-electron chi connectivity index (χ1n) is 8.50. The third-order valence-corrected chi connectivity index (χ3v) is 3.92. The van der Waals surface area contributed by atoms with Gasteiger partial charge >= 0.3 is 6.61 Å². The van der Waals surface area contributed by atoms with Gasteiger partial charge in [0.25, 0.3) is 5.91 Å². The van der Waals surface area contributed by atoms with E-state index < -0.39 is 6.61 Å². The fraction of sp³-hybridized carbons (Fsp3) is 0.263. The lowest BCUT2D eigenvalue weighted by Crippen LogP contribution is -2.41. The summed E-state index contributed by atoms with van der Waals surface area (Å²) >= 11 is 5.80. The van der Waals surface area contributed by atoms with Crippen LogP contribution >= 0.6 is 35.6 Å². The molecule has 0 bridgehead atoms. The van der Waals surface area contributed by atoms with E-state index in [1.54, 1.807) is 49.5 Å². The highest BCUT2D eigenvalue weighted by Crippen LogP contribution is 2.19. The summed E-state index contributed by atoms with van der Waals surface area (Å²) in [5.41, 5.74) is 1.09. The van der Waals surface area contributed by atoms with Crippen molar-refractivity contribution in [2.24, 2.45) is 4.99 Å². The van der Waals surface area contributed by atoms with Gasteiger partial charge in [0.05, 0.1) is 0 Å². The fourth-order valence-corrected chi connectivity index (χ4v) is 2.45. The minimum Gasteiger partial charge on any atom is -0.434 e. The third kappa shape index (κ3) is 8.82. The van der Waals surface area contributed by atoms with E-state index in [0.29, 0.717) is 35.2 Å². The Bertz CT molecular complexity index is 807. The quantitative estimate of drug-likeness (QED) is 0.208. The Hall–Kier alpha value is -2.14. The Balaban J connectivity index is 0.00000420. The molecule has 2 rings (SSSR count). The van der Waals surface area contributed by atoms with E-state index in [0.717, 1.165) is 0 Å². The molecule has 0 atom stereocenters. The molecule has 0 unspecified atom stereocenters. The first-order valence-corrected chi connectivity index (χ1v) is 8.88. The number of nitrogens with zero attached hydrogens (tertiary/aromatic N) is 1. The van der Waals surface area contributed by atoms with Crippen molar-refractivity contribution in [3.63, 3.8) is 0 Å². The molecule has 2 aromatic carbocycles. The molecule has 0 heterocycles. The molecule has 0 radical (unpaired) electrons. The second-order valence-electron chi connectivity index (χ2n) is 5.60. The molecule has 0 aliphatic rings. The van der Waals surface area contributed by atoms with Crippen LogP contribution < -0.4 is 20.7 Å². The van der Waals surface area contributed by atoms with E-state index >= 15 is 0 Å². The highest BCUT2D eigenvalue weighted by Gasteiger charge is 2.09.